The summed E-state index contributed by atoms with van der Waals surface area (Å²) in [5.74, 6) is -0.0988. The van der Waals surface area contributed by atoms with Crippen LogP contribution >= 0.6 is 0 Å². The van der Waals surface area contributed by atoms with Gasteiger partial charge < -0.3 is 16.4 Å². The minimum atomic E-state index is -0.144. The van der Waals surface area contributed by atoms with Crippen LogP contribution in [0.15, 0.2) is 12.4 Å². The lowest BCUT2D eigenvalue weighted by molar-refractivity contribution is -0.122. The van der Waals surface area contributed by atoms with E-state index in [9.17, 15) is 9.59 Å². The van der Waals surface area contributed by atoms with E-state index in [4.69, 9.17) is 5.73 Å². The molecule has 1 aliphatic rings. The van der Waals surface area contributed by atoms with Crippen molar-refractivity contribution < 1.29 is 9.59 Å². The second-order valence-corrected chi connectivity index (χ2v) is 4.08. The Labute approximate surface area is 98.4 Å². The van der Waals surface area contributed by atoms with Gasteiger partial charge in [-0.2, -0.15) is 5.10 Å². The fraction of sp³-hybridized carbons (Fsp3) is 0.500. The average Bonchev–Trinajstić information content (AvgIpc) is 2.85. The maximum Gasteiger partial charge on any atom is 0.241 e. The van der Waals surface area contributed by atoms with E-state index in [2.05, 4.69) is 15.7 Å². The minimum Gasteiger partial charge on any atom is -0.396 e. The van der Waals surface area contributed by atoms with Crippen molar-refractivity contribution >= 4 is 17.5 Å². The van der Waals surface area contributed by atoms with Crippen LogP contribution in [0.4, 0.5) is 5.69 Å². The van der Waals surface area contributed by atoms with E-state index >= 15 is 0 Å². The summed E-state index contributed by atoms with van der Waals surface area (Å²) in [6, 6.07) is 0.0501. The van der Waals surface area contributed by atoms with Crippen molar-refractivity contribution in [2.75, 3.05) is 12.3 Å². The van der Waals surface area contributed by atoms with Crippen LogP contribution in [-0.2, 0) is 16.1 Å². The molecule has 17 heavy (non-hydrogen) atoms. The van der Waals surface area contributed by atoms with E-state index in [1.165, 1.54) is 10.9 Å². The van der Waals surface area contributed by atoms with Crippen molar-refractivity contribution in [1.82, 2.24) is 20.4 Å². The van der Waals surface area contributed by atoms with E-state index in [0.29, 0.717) is 18.7 Å². The highest BCUT2D eigenvalue weighted by molar-refractivity contribution is 5.79. The zero-order valence-electron chi connectivity index (χ0n) is 9.35. The number of amides is 2. The number of hydrogen-bond acceptors (Lipinski definition) is 4. The molecule has 2 rings (SSSR count). The van der Waals surface area contributed by atoms with Gasteiger partial charge in [0.25, 0.3) is 0 Å². The summed E-state index contributed by atoms with van der Waals surface area (Å²) in [4.78, 5) is 22.5. The van der Waals surface area contributed by atoms with Gasteiger partial charge in [-0.15, -0.1) is 0 Å². The van der Waals surface area contributed by atoms with Gasteiger partial charge in [0.15, 0.2) is 0 Å². The average molecular weight is 237 g/mol. The molecule has 1 aromatic heterocycles. The molecular weight excluding hydrogens is 222 g/mol. The molecule has 0 bridgehead atoms. The van der Waals surface area contributed by atoms with Gasteiger partial charge in [0, 0.05) is 25.2 Å². The number of carbonyl (C=O) groups is 2. The molecule has 1 saturated heterocycles. The third kappa shape index (κ3) is 3.20. The minimum absolute atomic E-state index is 0.0455. The standard InChI is InChI=1S/C10H15N5O2/c11-7-3-13-15(5-7)6-10(17)12-4-8-1-2-9(16)14-8/h3,5,8H,1-2,4,6,11H2,(H,12,17)(H,14,16). The van der Waals surface area contributed by atoms with Gasteiger partial charge in [-0.25, -0.2) is 0 Å². The number of anilines is 1. The molecule has 0 aromatic carbocycles. The monoisotopic (exact) mass is 237 g/mol. The molecule has 4 N–H and O–H groups in total. The van der Waals surface area contributed by atoms with Crippen molar-refractivity contribution in [2.24, 2.45) is 0 Å². The number of aromatic nitrogens is 2. The highest BCUT2D eigenvalue weighted by Crippen LogP contribution is 2.04. The Hall–Kier alpha value is -2.05. The summed E-state index contributed by atoms with van der Waals surface area (Å²) in [5, 5.41) is 9.44. The SMILES string of the molecule is Nc1cnn(CC(=O)NCC2CCC(=O)N2)c1. The van der Waals surface area contributed by atoms with Gasteiger partial charge in [0.2, 0.25) is 11.8 Å². The third-order valence-corrected chi connectivity index (χ3v) is 2.59. The first kappa shape index (κ1) is 11.4. The predicted octanol–water partition coefficient (Wildman–Crippen LogP) is -1.14. The Bertz CT molecular complexity index is 428. The molecule has 1 aliphatic heterocycles. The van der Waals surface area contributed by atoms with E-state index in [1.807, 2.05) is 0 Å². The van der Waals surface area contributed by atoms with Gasteiger partial charge in [0.05, 0.1) is 11.9 Å². The lowest BCUT2D eigenvalue weighted by Gasteiger charge is -2.11. The number of nitrogens with zero attached hydrogens (tertiary/aromatic N) is 2. The Morgan fingerprint density at radius 3 is 3.12 bits per heavy atom. The molecule has 2 heterocycles. The molecule has 1 aromatic rings. The topological polar surface area (TPSA) is 102 Å². The summed E-state index contributed by atoms with van der Waals surface area (Å²) >= 11 is 0. The van der Waals surface area contributed by atoms with Crippen molar-refractivity contribution in [3.05, 3.63) is 12.4 Å². The molecule has 1 atom stereocenters. The van der Waals surface area contributed by atoms with E-state index < -0.39 is 0 Å². The molecule has 1 unspecified atom stereocenters. The molecular formula is C10H15N5O2. The molecule has 0 radical (unpaired) electrons. The van der Waals surface area contributed by atoms with Crippen molar-refractivity contribution in [2.45, 2.75) is 25.4 Å². The Kier molecular flexibility index (Phi) is 3.27. The largest absolute Gasteiger partial charge is 0.396 e. The van der Waals surface area contributed by atoms with Crippen molar-refractivity contribution in [3.63, 3.8) is 0 Å². The van der Waals surface area contributed by atoms with Crippen LogP contribution in [0, 0.1) is 0 Å². The molecule has 0 saturated carbocycles. The first-order valence-electron chi connectivity index (χ1n) is 5.47. The van der Waals surface area contributed by atoms with Crippen LogP contribution in [0.3, 0.4) is 0 Å². The van der Waals surface area contributed by atoms with E-state index in [0.717, 1.165) is 6.42 Å². The van der Waals surface area contributed by atoms with Crippen LogP contribution in [0.5, 0.6) is 0 Å². The van der Waals surface area contributed by atoms with E-state index in [1.54, 1.807) is 6.20 Å². The Balaban J connectivity index is 1.72. The summed E-state index contributed by atoms with van der Waals surface area (Å²) in [7, 11) is 0. The van der Waals surface area contributed by atoms with Crippen LogP contribution < -0.4 is 16.4 Å². The zero-order valence-corrected chi connectivity index (χ0v) is 9.35. The number of nitrogens with one attached hydrogen (secondary N) is 2. The normalized spacial score (nSPS) is 19.1. The lowest BCUT2D eigenvalue weighted by atomic mass is 10.2. The second kappa shape index (κ2) is 4.86. The molecule has 0 spiro atoms. The van der Waals surface area contributed by atoms with Gasteiger partial charge in [-0.05, 0) is 6.42 Å². The Morgan fingerprint density at radius 2 is 2.53 bits per heavy atom. The van der Waals surface area contributed by atoms with Gasteiger partial charge in [-0.1, -0.05) is 0 Å². The number of nitrogens with two attached hydrogens (primary N) is 1. The van der Waals surface area contributed by atoms with Crippen molar-refractivity contribution in [3.8, 4) is 0 Å². The summed E-state index contributed by atoms with van der Waals surface area (Å²) in [6.07, 6.45) is 4.39. The van der Waals surface area contributed by atoms with Crippen LogP contribution in [0.25, 0.3) is 0 Å². The predicted molar refractivity (Wildman–Crippen MR) is 60.8 cm³/mol. The molecule has 2 amide bonds. The van der Waals surface area contributed by atoms with Crippen LogP contribution in [-0.4, -0.2) is 34.2 Å². The quantitative estimate of drug-likeness (QED) is 0.616. The Morgan fingerprint density at radius 1 is 1.71 bits per heavy atom. The fourth-order valence-corrected chi connectivity index (χ4v) is 1.74. The fourth-order valence-electron chi connectivity index (χ4n) is 1.74. The smallest absolute Gasteiger partial charge is 0.241 e. The van der Waals surface area contributed by atoms with Crippen molar-refractivity contribution in [1.29, 1.82) is 0 Å². The number of carbonyl (C=O) groups excluding carboxylic acids is 2. The summed E-state index contributed by atoms with van der Waals surface area (Å²) in [6.45, 7) is 0.596. The number of rotatable bonds is 4. The highest BCUT2D eigenvalue weighted by Gasteiger charge is 2.20. The first-order chi connectivity index (χ1) is 8.13. The zero-order chi connectivity index (χ0) is 12.3. The maximum absolute atomic E-state index is 11.5. The second-order valence-electron chi connectivity index (χ2n) is 4.08. The number of nitrogen functional groups attached to an aromatic ring is 1. The molecule has 92 valence electrons. The van der Waals surface area contributed by atoms with E-state index in [-0.39, 0.29) is 24.4 Å². The molecule has 7 heteroatoms. The maximum atomic E-state index is 11.5. The molecule has 7 nitrogen and oxygen atoms in total. The molecule has 0 aliphatic carbocycles. The summed E-state index contributed by atoms with van der Waals surface area (Å²) in [5.41, 5.74) is 6.01. The highest BCUT2D eigenvalue weighted by atomic mass is 16.2. The molecule has 1 fully saturated rings. The number of hydrogen-bond donors (Lipinski definition) is 3. The third-order valence-electron chi connectivity index (χ3n) is 2.59. The summed E-state index contributed by atoms with van der Waals surface area (Å²) < 4.78 is 1.47. The first-order valence-corrected chi connectivity index (χ1v) is 5.47. The van der Waals surface area contributed by atoms with Gasteiger partial charge in [-0.3, -0.25) is 14.3 Å². The van der Waals surface area contributed by atoms with Gasteiger partial charge >= 0.3 is 0 Å². The van der Waals surface area contributed by atoms with Crippen LogP contribution in [0.2, 0.25) is 0 Å². The lowest BCUT2D eigenvalue weighted by Crippen LogP contribution is -2.39. The van der Waals surface area contributed by atoms with Gasteiger partial charge in [0.1, 0.15) is 6.54 Å². The van der Waals surface area contributed by atoms with Crippen LogP contribution in [0.1, 0.15) is 12.8 Å².